The molecule has 1 heterocycles. The molecule has 0 aromatic rings. The Morgan fingerprint density at radius 3 is 2.68 bits per heavy atom. The average Bonchev–Trinajstić information content (AvgIpc) is 2.74. The van der Waals surface area contributed by atoms with E-state index in [1.807, 2.05) is 0 Å². The maximum absolute atomic E-state index is 3.70. The van der Waals surface area contributed by atoms with Gasteiger partial charge in [0.05, 0.1) is 0 Å². The van der Waals surface area contributed by atoms with Crippen molar-refractivity contribution in [3.05, 3.63) is 0 Å². The minimum absolute atomic E-state index is 0.773. The lowest BCUT2D eigenvalue weighted by Crippen LogP contribution is -2.45. The van der Waals surface area contributed by atoms with Gasteiger partial charge < -0.3 is 10.2 Å². The van der Waals surface area contributed by atoms with Crippen LogP contribution in [0.3, 0.4) is 0 Å². The van der Waals surface area contributed by atoms with Gasteiger partial charge in [0.1, 0.15) is 0 Å². The zero-order chi connectivity index (χ0) is 13.7. The highest BCUT2D eigenvalue weighted by Crippen LogP contribution is 2.28. The predicted octanol–water partition coefficient (Wildman–Crippen LogP) is 2.18. The van der Waals surface area contributed by atoms with E-state index in [0.29, 0.717) is 0 Å². The van der Waals surface area contributed by atoms with Gasteiger partial charge in [0.25, 0.3) is 0 Å². The third kappa shape index (κ3) is 4.17. The predicted molar refractivity (Wildman–Crippen MR) is 82.6 cm³/mol. The number of rotatable bonds is 5. The van der Waals surface area contributed by atoms with Gasteiger partial charge in [-0.1, -0.05) is 20.3 Å². The molecule has 1 aliphatic heterocycles. The van der Waals surface area contributed by atoms with Crippen molar-refractivity contribution in [1.29, 1.82) is 0 Å². The van der Waals surface area contributed by atoms with Crippen LogP contribution in [0, 0.1) is 5.92 Å². The molecule has 1 saturated heterocycles. The third-order valence-corrected chi connectivity index (χ3v) is 5.09. The Kier molecular flexibility index (Phi) is 6.11. The van der Waals surface area contributed by atoms with E-state index in [1.165, 1.54) is 58.3 Å². The van der Waals surface area contributed by atoms with Crippen molar-refractivity contribution in [3.63, 3.8) is 0 Å². The second-order valence-corrected chi connectivity index (χ2v) is 6.53. The molecule has 0 spiro atoms. The Morgan fingerprint density at radius 1 is 1.11 bits per heavy atom. The summed E-state index contributed by atoms with van der Waals surface area (Å²) in [5, 5.41) is 3.70. The van der Waals surface area contributed by atoms with Gasteiger partial charge in [0.15, 0.2) is 0 Å². The van der Waals surface area contributed by atoms with Gasteiger partial charge in [-0.05, 0) is 58.3 Å². The molecule has 0 bridgehead atoms. The number of hydrogen-bond donors (Lipinski definition) is 1. The number of nitrogens with zero attached hydrogens (tertiary/aromatic N) is 2. The fraction of sp³-hybridized carbons (Fsp3) is 1.00. The molecular weight excluding hydrogens is 234 g/mol. The average molecular weight is 267 g/mol. The van der Waals surface area contributed by atoms with Crippen molar-refractivity contribution < 1.29 is 0 Å². The molecule has 3 heteroatoms. The van der Waals surface area contributed by atoms with E-state index >= 15 is 0 Å². The molecule has 2 aliphatic rings. The van der Waals surface area contributed by atoms with Gasteiger partial charge in [0.2, 0.25) is 0 Å². The summed E-state index contributed by atoms with van der Waals surface area (Å²) >= 11 is 0. The van der Waals surface area contributed by atoms with Crippen molar-refractivity contribution in [1.82, 2.24) is 15.1 Å². The molecule has 1 aliphatic carbocycles. The Morgan fingerprint density at radius 2 is 1.95 bits per heavy atom. The van der Waals surface area contributed by atoms with E-state index in [4.69, 9.17) is 0 Å². The summed E-state index contributed by atoms with van der Waals surface area (Å²) in [5.74, 6) is 0.886. The first kappa shape index (κ1) is 15.3. The third-order valence-electron chi connectivity index (χ3n) is 5.09. The molecule has 2 rings (SSSR count). The summed E-state index contributed by atoms with van der Waals surface area (Å²) in [6, 6.07) is 1.55. The highest BCUT2D eigenvalue weighted by Gasteiger charge is 2.31. The van der Waals surface area contributed by atoms with Crippen LogP contribution in [0.4, 0.5) is 0 Å². The van der Waals surface area contributed by atoms with Crippen LogP contribution in [-0.4, -0.2) is 61.7 Å². The second-order valence-electron chi connectivity index (χ2n) is 6.53. The van der Waals surface area contributed by atoms with Crippen LogP contribution in [0.25, 0.3) is 0 Å². The number of likely N-dealkylation sites (N-methyl/N-ethyl adjacent to an activating group) is 1. The Bertz CT molecular complexity index is 256. The molecule has 0 radical (unpaired) electrons. The van der Waals surface area contributed by atoms with Crippen molar-refractivity contribution in [2.75, 3.05) is 39.8 Å². The summed E-state index contributed by atoms with van der Waals surface area (Å²) < 4.78 is 0. The van der Waals surface area contributed by atoms with Gasteiger partial charge in [-0.25, -0.2) is 0 Å². The van der Waals surface area contributed by atoms with Crippen LogP contribution < -0.4 is 5.32 Å². The van der Waals surface area contributed by atoms with Crippen LogP contribution >= 0.6 is 0 Å². The fourth-order valence-corrected chi connectivity index (χ4v) is 4.01. The van der Waals surface area contributed by atoms with Crippen molar-refractivity contribution >= 4 is 0 Å². The standard InChI is InChI=1S/C16H33N3/c1-4-15-13-18(3)10-7-11-19(15)12-14-8-6-9-16(14)17-5-2/h14-17H,4-13H2,1-3H3. The van der Waals surface area contributed by atoms with Crippen molar-refractivity contribution in [2.45, 2.75) is 58.0 Å². The highest BCUT2D eigenvalue weighted by molar-refractivity contribution is 4.87. The van der Waals surface area contributed by atoms with E-state index in [9.17, 15) is 0 Å². The number of hydrogen-bond acceptors (Lipinski definition) is 3. The maximum Gasteiger partial charge on any atom is 0.0220 e. The van der Waals surface area contributed by atoms with Crippen molar-refractivity contribution in [2.24, 2.45) is 5.92 Å². The Labute approximate surface area is 119 Å². The lowest BCUT2D eigenvalue weighted by atomic mass is 10.0. The molecule has 2 fully saturated rings. The van der Waals surface area contributed by atoms with Crippen LogP contribution in [0.1, 0.15) is 46.0 Å². The number of nitrogens with one attached hydrogen (secondary N) is 1. The van der Waals surface area contributed by atoms with E-state index < -0.39 is 0 Å². The first-order valence-corrected chi connectivity index (χ1v) is 8.40. The van der Waals surface area contributed by atoms with E-state index in [1.54, 1.807) is 0 Å². The lowest BCUT2D eigenvalue weighted by molar-refractivity contribution is 0.150. The molecule has 3 atom stereocenters. The van der Waals surface area contributed by atoms with Gasteiger partial charge >= 0.3 is 0 Å². The fourth-order valence-electron chi connectivity index (χ4n) is 4.01. The summed E-state index contributed by atoms with van der Waals surface area (Å²) in [5.41, 5.74) is 0. The molecule has 19 heavy (non-hydrogen) atoms. The minimum atomic E-state index is 0.773. The molecular formula is C16H33N3. The van der Waals surface area contributed by atoms with Crippen LogP contribution in [0.15, 0.2) is 0 Å². The van der Waals surface area contributed by atoms with Gasteiger partial charge in [0, 0.05) is 25.2 Å². The molecule has 0 amide bonds. The monoisotopic (exact) mass is 267 g/mol. The maximum atomic E-state index is 3.70. The molecule has 1 N–H and O–H groups in total. The summed E-state index contributed by atoms with van der Waals surface area (Å²) in [6.07, 6.45) is 6.88. The van der Waals surface area contributed by atoms with E-state index in [-0.39, 0.29) is 0 Å². The van der Waals surface area contributed by atoms with Crippen LogP contribution in [0.2, 0.25) is 0 Å². The second kappa shape index (κ2) is 7.61. The smallest absolute Gasteiger partial charge is 0.0220 e. The first-order valence-electron chi connectivity index (χ1n) is 8.40. The largest absolute Gasteiger partial charge is 0.314 e. The molecule has 112 valence electrons. The lowest BCUT2D eigenvalue weighted by Gasteiger charge is -2.34. The zero-order valence-electron chi connectivity index (χ0n) is 13.2. The summed E-state index contributed by atoms with van der Waals surface area (Å²) in [6.45, 7) is 10.9. The molecule has 0 aromatic heterocycles. The molecule has 3 nitrogen and oxygen atoms in total. The normalized spacial score (nSPS) is 34.6. The van der Waals surface area contributed by atoms with Crippen molar-refractivity contribution in [3.8, 4) is 0 Å². The van der Waals surface area contributed by atoms with E-state index in [2.05, 4.69) is 36.0 Å². The van der Waals surface area contributed by atoms with Gasteiger partial charge in [-0.15, -0.1) is 0 Å². The Hall–Kier alpha value is -0.120. The molecule has 0 aromatic carbocycles. The van der Waals surface area contributed by atoms with Crippen LogP contribution in [-0.2, 0) is 0 Å². The zero-order valence-corrected chi connectivity index (χ0v) is 13.2. The Balaban J connectivity index is 1.91. The summed E-state index contributed by atoms with van der Waals surface area (Å²) in [4.78, 5) is 5.31. The van der Waals surface area contributed by atoms with Gasteiger partial charge in [-0.2, -0.15) is 0 Å². The molecule has 3 unspecified atom stereocenters. The first-order chi connectivity index (χ1) is 9.24. The molecule has 1 saturated carbocycles. The van der Waals surface area contributed by atoms with Gasteiger partial charge in [-0.3, -0.25) is 4.90 Å². The minimum Gasteiger partial charge on any atom is -0.314 e. The highest BCUT2D eigenvalue weighted by atomic mass is 15.2. The SMILES string of the molecule is CCNC1CCCC1CN1CCCN(C)CC1CC. The van der Waals surface area contributed by atoms with E-state index in [0.717, 1.165) is 24.5 Å². The summed E-state index contributed by atoms with van der Waals surface area (Å²) in [7, 11) is 2.28. The van der Waals surface area contributed by atoms with Crippen LogP contribution in [0.5, 0.6) is 0 Å². The quantitative estimate of drug-likeness (QED) is 0.824. The topological polar surface area (TPSA) is 18.5 Å².